The molecule has 224 valence electrons. The zero-order chi connectivity index (χ0) is 29.7. The number of primary amides is 1. The lowest BCUT2D eigenvalue weighted by Crippen LogP contribution is -2.61. The van der Waals surface area contributed by atoms with E-state index in [1.54, 1.807) is 35.2 Å². The Balaban J connectivity index is 1.36. The summed E-state index contributed by atoms with van der Waals surface area (Å²) in [6.07, 6.45) is 9.01. The molecule has 3 heterocycles. The highest BCUT2D eigenvalue weighted by molar-refractivity contribution is 6.01. The van der Waals surface area contributed by atoms with E-state index in [-0.39, 0.29) is 23.2 Å². The van der Waals surface area contributed by atoms with E-state index >= 15 is 0 Å². The molecule has 0 spiro atoms. The number of aromatic nitrogens is 2. The molecule has 0 bridgehead atoms. The van der Waals surface area contributed by atoms with Gasteiger partial charge in [-0.3, -0.25) is 19.3 Å². The maximum Gasteiger partial charge on any atom is 0.271 e. The minimum absolute atomic E-state index is 0.00259. The summed E-state index contributed by atoms with van der Waals surface area (Å²) in [5.41, 5.74) is 5.92. The first-order valence-corrected chi connectivity index (χ1v) is 14.6. The van der Waals surface area contributed by atoms with Crippen molar-refractivity contribution in [3.8, 4) is 0 Å². The number of carbonyl (C=O) groups is 3. The van der Waals surface area contributed by atoms with Crippen LogP contribution in [0.2, 0.25) is 0 Å². The van der Waals surface area contributed by atoms with Gasteiger partial charge in [-0.1, -0.05) is 6.08 Å². The normalized spacial score (nSPS) is 21.0. The van der Waals surface area contributed by atoms with Gasteiger partial charge in [0.25, 0.3) is 11.8 Å². The molecule has 4 N–H and O–H groups in total. The van der Waals surface area contributed by atoms with E-state index in [2.05, 4.69) is 27.6 Å². The Morgan fingerprint density at radius 2 is 1.93 bits per heavy atom. The van der Waals surface area contributed by atoms with E-state index in [1.807, 2.05) is 18.0 Å². The number of amides is 2. The van der Waals surface area contributed by atoms with Gasteiger partial charge in [-0.05, 0) is 69.6 Å². The largest absolute Gasteiger partial charge is 0.378 e. The quantitative estimate of drug-likeness (QED) is 0.337. The van der Waals surface area contributed by atoms with Crippen LogP contribution in [-0.4, -0.2) is 109 Å². The van der Waals surface area contributed by atoms with Crippen molar-refractivity contribution in [3.63, 3.8) is 0 Å². The van der Waals surface area contributed by atoms with Crippen molar-refractivity contribution in [2.45, 2.75) is 37.3 Å². The summed E-state index contributed by atoms with van der Waals surface area (Å²) in [7, 11) is 3.91. The van der Waals surface area contributed by atoms with Crippen LogP contribution in [0.3, 0.4) is 0 Å². The maximum absolute atomic E-state index is 13.7. The monoisotopic (exact) mass is 576 g/mol. The molecule has 1 aliphatic carbocycles. The van der Waals surface area contributed by atoms with E-state index in [0.717, 1.165) is 19.5 Å². The molecule has 0 radical (unpaired) electrons. The lowest BCUT2D eigenvalue weighted by molar-refractivity contribution is -0.120. The van der Waals surface area contributed by atoms with Crippen molar-refractivity contribution in [1.29, 1.82) is 0 Å². The van der Waals surface area contributed by atoms with Gasteiger partial charge in [-0.15, -0.1) is 0 Å². The number of nitrogens with zero attached hydrogens (tertiary/aromatic N) is 5. The molecule has 3 fully saturated rings. The second-order valence-corrected chi connectivity index (χ2v) is 11.2. The van der Waals surface area contributed by atoms with Gasteiger partial charge in [0.05, 0.1) is 19.4 Å². The van der Waals surface area contributed by atoms with Gasteiger partial charge in [0.15, 0.2) is 17.3 Å². The Bertz CT molecular complexity index is 1320. The Morgan fingerprint density at radius 3 is 2.57 bits per heavy atom. The number of hydrogen-bond acceptors (Lipinski definition) is 10. The molecule has 1 aromatic heterocycles. The fourth-order valence-corrected chi connectivity index (χ4v) is 5.51. The van der Waals surface area contributed by atoms with Crippen molar-refractivity contribution in [2.75, 3.05) is 70.2 Å². The smallest absolute Gasteiger partial charge is 0.271 e. The molecule has 2 aliphatic heterocycles. The second kappa shape index (κ2) is 13.0. The highest BCUT2D eigenvalue weighted by Crippen LogP contribution is 2.31. The minimum atomic E-state index is -0.853. The van der Waals surface area contributed by atoms with Crippen LogP contribution < -0.4 is 21.3 Å². The predicted molar refractivity (Wildman–Crippen MR) is 160 cm³/mol. The number of rotatable bonds is 11. The number of ketones is 1. The molecule has 12 heteroatoms. The Labute approximate surface area is 246 Å². The molecule has 1 aromatic carbocycles. The van der Waals surface area contributed by atoms with Gasteiger partial charge in [0, 0.05) is 50.5 Å². The minimum Gasteiger partial charge on any atom is -0.378 e. The molecule has 1 saturated carbocycles. The third-order valence-corrected chi connectivity index (χ3v) is 8.32. The third-order valence-electron chi connectivity index (χ3n) is 8.32. The van der Waals surface area contributed by atoms with Crippen LogP contribution in [0, 0.1) is 0 Å². The Hall–Kier alpha value is -3.87. The first-order chi connectivity index (χ1) is 20.3. The summed E-state index contributed by atoms with van der Waals surface area (Å²) in [5.74, 6) is -0.187. The summed E-state index contributed by atoms with van der Waals surface area (Å²) in [4.78, 5) is 53.7. The number of carbonyl (C=O) groups excluding carboxylic acids is 3. The number of piperidine rings is 1. The number of nitrogens with one attached hydrogen (secondary N) is 2. The van der Waals surface area contributed by atoms with E-state index in [9.17, 15) is 14.4 Å². The number of anilines is 3. The van der Waals surface area contributed by atoms with Gasteiger partial charge in [0.2, 0.25) is 0 Å². The summed E-state index contributed by atoms with van der Waals surface area (Å²) in [6.45, 7) is 4.20. The predicted octanol–water partition coefficient (Wildman–Crippen LogP) is 1.57. The zero-order valence-corrected chi connectivity index (χ0v) is 24.3. The van der Waals surface area contributed by atoms with Crippen LogP contribution in [0.4, 0.5) is 17.3 Å². The van der Waals surface area contributed by atoms with E-state index in [1.165, 1.54) is 19.0 Å². The summed E-state index contributed by atoms with van der Waals surface area (Å²) < 4.78 is 5.34. The molecular weight excluding hydrogens is 536 g/mol. The number of ether oxygens (including phenoxy) is 1. The SMILES string of the molecule is CN(C/C=C/C(=O)[C@@]1(N(C)c2cnc(C(N)=O)c(Nc3ccc(C(=O)N4CCOCC4)cc3)n2)CCCNC1)C1CC1. The Kier molecular flexibility index (Phi) is 9.15. The number of likely N-dealkylation sites (N-methyl/N-ethyl adjacent to an activating group) is 2. The molecule has 1 atom stereocenters. The van der Waals surface area contributed by atoms with E-state index in [0.29, 0.717) is 62.4 Å². The Morgan fingerprint density at radius 1 is 1.19 bits per heavy atom. The van der Waals surface area contributed by atoms with Crippen molar-refractivity contribution in [1.82, 2.24) is 25.1 Å². The van der Waals surface area contributed by atoms with E-state index < -0.39 is 11.4 Å². The number of morpholine rings is 1. The van der Waals surface area contributed by atoms with Crippen LogP contribution in [0.25, 0.3) is 0 Å². The average molecular weight is 577 g/mol. The highest BCUT2D eigenvalue weighted by atomic mass is 16.5. The van der Waals surface area contributed by atoms with Gasteiger partial charge in [-0.2, -0.15) is 0 Å². The molecule has 0 unspecified atom stereocenters. The highest BCUT2D eigenvalue weighted by Gasteiger charge is 2.43. The topological polar surface area (TPSA) is 146 Å². The van der Waals surface area contributed by atoms with Crippen molar-refractivity contribution < 1.29 is 19.1 Å². The van der Waals surface area contributed by atoms with Crippen LogP contribution in [-0.2, 0) is 9.53 Å². The molecule has 2 saturated heterocycles. The standard InChI is InChI=1S/C30H40N8O4/c1-36(23-10-11-23)14-3-5-24(39)30(12-4-13-32-20-30)37(2)25-19-33-26(27(31)40)28(35-25)34-22-8-6-21(7-9-22)29(41)38-15-17-42-18-16-38/h3,5-9,19,23,32H,4,10-18,20H2,1-2H3,(H2,31,40)(H,34,35)/b5-3+/t30-/m1/s1. The van der Waals surface area contributed by atoms with Crippen LogP contribution in [0.1, 0.15) is 46.5 Å². The first-order valence-electron chi connectivity index (χ1n) is 14.6. The van der Waals surface area contributed by atoms with E-state index in [4.69, 9.17) is 15.5 Å². The number of hydrogen-bond donors (Lipinski definition) is 3. The molecule has 3 aliphatic rings. The van der Waals surface area contributed by atoms with Crippen LogP contribution >= 0.6 is 0 Å². The maximum atomic E-state index is 13.7. The fourth-order valence-electron chi connectivity index (χ4n) is 5.51. The molecule has 42 heavy (non-hydrogen) atoms. The van der Waals surface area contributed by atoms with Crippen molar-refractivity contribution >= 4 is 34.9 Å². The summed E-state index contributed by atoms with van der Waals surface area (Å²) in [6, 6.07) is 7.56. The lowest BCUT2D eigenvalue weighted by atomic mass is 9.84. The van der Waals surface area contributed by atoms with Gasteiger partial charge >= 0.3 is 0 Å². The number of benzene rings is 1. The number of nitrogens with two attached hydrogens (primary N) is 1. The molecule has 2 amide bonds. The van der Waals surface area contributed by atoms with Crippen molar-refractivity contribution in [3.05, 3.63) is 53.9 Å². The average Bonchev–Trinajstić information content (AvgIpc) is 3.87. The molecular formula is C30H40N8O4. The lowest BCUT2D eigenvalue weighted by Gasteiger charge is -2.43. The molecule has 5 rings (SSSR count). The third kappa shape index (κ3) is 6.61. The van der Waals surface area contributed by atoms with Crippen LogP contribution in [0.15, 0.2) is 42.6 Å². The van der Waals surface area contributed by atoms with Crippen LogP contribution in [0.5, 0.6) is 0 Å². The summed E-state index contributed by atoms with van der Waals surface area (Å²) >= 11 is 0. The molecule has 2 aromatic rings. The van der Waals surface area contributed by atoms with Gasteiger partial charge < -0.3 is 30.9 Å². The molecule has 12 nitrogen and oxygen atoms in total. The zero-order valence-electron chi connectivity index (χ0n) is 24.3. The van der Waals surface area contributed by atoms with Gasteiger partial charge in [-0.25, -0.2) is 9.97 Å². The van der Waals surface area contributed by atoms with Gasteiger partial charge in [0.1, 0.15) is 11.4 Å². The summed E-state index contributed by atoms with van der Waals surface area (Å²) in [5, 5.41) is 6.51. The fraction of sp³-hybridized carbons (Fsp3) is 0.500. The first kappa shape index (κ1) is 29.6. The second-order valence-electron chi connectivity index (χ2n) is 11.2. The van der Waals surface area contributed by atoms with Crippen molar-refractivity contribution in [2.24, 2.45) is 5.73 Å².